The van der Waals surface area contributed by atoms with E-state index in [1.54, 1.807) is 29.6 Å². The second kappa shape index (κ2) is 8.10. The van der Waals surface area contributed by atoms with Gasteiger partial charge in [-0.25, -0.2) is 0 Å². The average Bonchev–Trinajstić information content (AvgIpc) is 3.21. The van der Waals surface area contributed by atoms with Crippen molar-refractivity contribution in [2.75, 3.05) is 26.2 Å². The normalized spacial score (nSPS) is 24.2. The van der Waals surface area contributed by atoms with E-state index in [1.807, 2.05) is 11.8 Å². The summed E-state index contributed by atoms with van der Waals surface area (Å²) < 4.78 is 1.59. The van der Waals surface area contributed by atoms with E-state index in [0.717, 1.165) is 25.0 Å². The predicted molar refractivity (Wildman–Crippen MR) is 100.0 cm³/mol. The van der Waals surface area contributed by atoms with Gasteiger partial charge in [-0.05, 0) is 32.3 Å². The molecule has 2 aliphatic rings. The largest absolute Gasteiger partial charge is 0.354 e. The van der Waals surface area contributed by atoms with Gasteiger partial charge in [0.25, 0.3) is 5.91 Å². The van der Waals surface area contributed by atoms with Gasteiger partial charge in [-0.3, -0.25) is 19.1 Å². The first-order valence-electron chi connectivity index (χ1n) is 9.73. The molecular weight excluding hydrogens is 346 g/mol. The maximum absolute atomic E-state index is 12.9. The lowest BCUT2D eigenvalue weighted by atomic mass is 10.0. The summed E-state index contributed by atoms with van der Waals surface area (Å²) in [6, 6.07) is 1.75. The molecule has 3 rings (SSSR count). The Morgan fingerprint density at radius 1 is 1.19 bits per heavy atom. The summed E-state index contributed by atoms with van der Waals surface area (Å²) in [5.41, 5.74) is 1.33. The fourth-order valence-corrected chi connectivity index (χ4v) is 4.34. The standard InChI is InChI=1S/C19H29N5O3/c1-13-12-17(22(3)21-13)19(27)23-9-5-10-24(14(2)25)16-7-4-6-15(16)18(26)20-8-11-23/h12,15-16H,4-11H2,1-3H3,(H,20,26)/t15-,16+/m1/s1. The minimum absolute atomic E-state index is 0.000849. The van der Waals surface area contributed by atoms with E-state index in [-0.39, 0.29) is 29.7 Å². The first-order valence-corrected chi connectivity index (χ1v) is 9.73. The Bertz CT molecular complexity index is 729. The first-order chi connectivity index (χ1) is 12.9. The number of carbonyl (C=O) groups excluding carboxylic acids is 3. The van der Waals surface area contributed by atoms with E-state index in [1.165, 1.54) is 0 Å². The molecule has 148 valence electrons. The smallest absolute Gasteiger partial charge is 0.272 e. The minimum atomic E-state index is -0.143. The van der Waals surface area contributed by atoms with Crippen molar-refractivity contribution in [2.45, 2.75) is 45.6 Å². The van der Waals surface area contributed by atoms with Crippen molar-refractivity contribution < 1.29 is 14.4 Å². The summed E-state index contributed by atoms with van der Waals surface area (Å²) in [4.78, 5) is 41.3. The molecule has 0 radical (unpaired) electrons. The molecule has 1 aromatic heterocycles. The summed E-state index contributed by atoms with van der Waals surface area (Å²) in [5.74, 6) is -0.245. The van der Waals surface area contributed by atoms with Crippen molar-refractivity contribution in [3.05, 3.63) is 17.5 Å². The van der Waals surface area contributed by atoms with Gasteiger partial charge >= 0.3 is 0 Å². The van der Waals surface area contributed by atoms with Crippen LogP contribution in [0.3, 0.4) is 0 Å². The number of hydrogen-bond donors (Lipinski definition) is 1. The quantitative estimate of drug-likeness (QED) is 0.783. The number of aryl methyl sites for hydroxylation is 2. The fourth-order valence-electron chi connectivity index (χ4n) is 4.34. The third-order valence-electron chi connectivity index (χ3n) is 5.64. The molecule has 1 N–H and O–H groups in total. The van der Waals surface area contributed by atoms with Gasteiger partial charge in [0.05, 0.1) is 11.6 Å². The van der Waals surface area contributed by atoms with Crippen molar-refractivity contribution in [3.8, 4) is 0 Å². The summed E-state index contributed by atoms with van der Waals surface area (Å²) in [6.45, 7) is 5.40. The van der Waals surface area contributed by atoms with Gasteiger partial charge < -0.3 is 15.1 Å². The Morgan fingerprint density at radius 3 is 2.63 bits per heavy atom. The molecule has 0 bridgehead atoms. The van der Waals surface area contributed by atoms with Gasteiger partial charge in [0.15, 0.2) is 0 Å². The van der Waals surface area contributed by atoms with Gasteiger partial charge in [0.2, 0.25) is 11.8 Å². The molecule has 27 heavy (non-hydrogen) atoms. The molecule has 2 atom stereocenters. The minimum Gasteiger partial charge on any atom is -0.354 e. The summed E-state index contributed by atoms with van der Waals surface area (Å²) in [7, 11) is 1.76. The van der Waals surface area contributed by atoms with Gasteiger partial charge in [-0.1, -0.05) is 6.42 Å². The van der Waals surface area contributed by atoms with Crippen LogP contribution in [-0.2, 0) is 16.6 Å². The molecule has 0 aromatic carbocycles. The third kappa shape index (κ3) is 4.14. The zero-order valence-electron chi connectivity index (χ0n) is 16.4. The highest BCUT2D eigenvalue weighted by Gasteiger charge is 2.38. The van der Waals surface area contributed by atoms with Crippen LogP contribution in [0.5, 0.6) is 0 Å². The highest BCUT2D eigenvalue weighted by molar-refractivity contribution is 5.92. The van der Waals surface area contributed by atoms with Crippen molar-refractivity contribution in [1.82, 2.24) is 24.9 Å². The lowest BCUT2D eigenvalue weighted by Crippen LogP contribution is -2.46. The highest BCUT2D eigenvalue weighted by atomic mass is 16.2. The zero-order valence-corrected chi connectivity index (χ0v) is 16.4. The van der Waals surface area contributed by atoms with E-state index in [2.05, 4.69) is 10.4 Å². The second-order valence-corrected chi connectivity index (χ2v) is 7.55. The second-order valence-electron chi connectivity index (χ2n) is 7.55. The topological polar surface area (TPSA) is 87.5 Å². The molecule has 1 aromatic rings. The Kier molecular flexibility index (Phi) is 5.82. The molecule has 1 saturated carbocycles. The molecule has 8 nitrogen and oxygen atoms in total. The van der Waals surface area contributed by atoms with Crippen molar-refractivity contribution in [2.24, 2.45) is 13.0 Å². The number of carbonyl (C=O) groups is 3. The molecule has 1 aliphatic carbocycles. The first kappa shape index (κ1) is 19.4. The van der Waals surface area contributed by atoms with Gasteiger partial charge in [-0.15, -0.1) is 0 Å². The molecule has 3 amide bonds. The van der Waals surface area contributed by atoms with Gasteiger partial charge in [0.1, 0.15) is 5.69 Å². The van der Waals surface area contributed by atoms with Crippen LogP contribution >= 0.6 is 0 Å². The van der Waals surface area contributed by atoms with E-state index < -0.39 is 0 Å². The molecule has 1 saturated heterocycles. The maximum atomic E-state index is 12.9. The number of rotatable bonds is 1. The monoisotopic (exact) mass is 375 g/mol. The van der Waals surface area contributed by atoms with Gasteiger partial charge in [0, 0.05) is 46.2 Å². The molecule has 1 aliphatic heterocycles. The van der Waals surface area contributed by atoms with Crippen LogP contribution in [0.1, 0.15) is 48.8 Å². The molecular formula is C19H29N5O3. The van der Waals surface area contributed by atoms with E-state index in [0.29, 0.717) is 38.3 Å². The van der Waals surface area contributed by atoms with Gasteiger partial charge in [-0.2, -0.15) is 5.10 Å². The number of amides is 3. The van der Waals surface area contributed by atoms with Crippen LogP contribution in [-0.4, -0.2) is 69.5 Å². The van der Waals surface area contributed by atoms with Crippen LogP contribution in [0.4, 0.5) is 0 Å². The molecule has 2 fully saturated rings. The van der Waals surface area contributed by atoms with Crippen molar-refractivity contribution in [1.29, 1.82) is 0 Å². The van der Waals surface area contributed by atoms with E-state index in [9.17, 15) is 14.4 Å². The summed E-state index contributed by atoms with van der Waals surface area (Å²) in [5, 5.41) is 7.22. The average molecular weight is 375 g/mol. The lowest BCUT2D eigenvalue weighted by molar-refractivity contribution is -0.134. The maximum Gasteiger partial charge on any atom is 0.272 e. The number of aromatic nitrogens is 2. The van der Waals surface area contributed by atoms with E-state index >= 15 is 0 Å². The highest BCUT2D eigenvalue weighted by Crippen LogP contribution is 2.30. The van der Waals surface area contributed by atoms with Crippen LogP contribution in [0.15, 0.2) is 6.07 Å². The molecule has 2 heterocycles. The predicted octanol–water partition coefficient (Wildman–Crippen LogP) is 0.708. The molecule has 8 heteroatoms. The third-order valence-corrected chi connectivity index (χ3v) is 5.64. The number of nitrogens with zero attached hydrogens (tertiary/aromatic N) is 4. The number of hydrogen-bond acceptors (Lipinski definition) is 4. The summed E-state index contributed by atoms with van der Waals surface area (Å²) in [6.07, 6.45) is 3.35. The fraction of sp³-hybridized carbons (Fsp3) is 0.684. The van der Waals surface area contributed by atoms with Crippen LogP contribution in [0, 0.1) is 12.8 Å². The number of fused-ring (bicyclic) bond motifs is 1. The van der Waals surface area contributed by atoms with Crippen molar-refractivity contribution >= 4 is 17.7 Å². The Hall–Kier alpha value is -2.38. The molecule has 0 unspecified atom stereocenters. The van der Waals surface area contributed by atoms with Crippen LogP contribution < -0.4 is 5.32 Å². The lowest BCUT2D eigenvalue weighted by Gasteiger charge is -2.31. The molecule has 0 spiro atoms. The van der Waals surface area contributed by atoms with E-state index in [4.69, 9.17) is 0 Å². The Labute approximate surface area is 159 Å². The van der Waals surface area contributed by atoms with Crippen LogP contribution in [0.2, 0.25) is 0 Å². The Balaban J connectivity index is 1.77. The number of nitrogens with one attached hydrogen (secondary N) is 1. The van der Waals surface area contributed by atoms with Crippen LogP contribution in [0.25, 0.3) is 0 Å². The summed E-state index contributed by atoms with van der Waals surface area (Å²) >= 11 is 0. The zero-order chi connectivity index (χ0) is 19.6. The SMILES string of the molecule is CC(=O)N1CCCN(C(=O)c2cc(C)nn2C)CCNC(=O)[C@@H]2CCC[C@@H]21. The van der Waals surface area contributed by atoms with Crippen molar-refractivity contribution in [3.63, 3.8) is 0 Å². The Morgan fingerprint density at radius 2 is 1.96 bits per heavy atom.